The van der Waals surface area contributed by atoms with Gasteiger partial charge in [0, 0.05) is 0 Å². The van der Waals surface area contributed by atoms with Crippen molar-refractivity contribution in [1.82, 2.24) is 24.1 Å². The molecule has 0 atom stereocenters. The SMILES string of the molecule is Cc1ccc(Cn2c(=O)c3ccccc3n3c(SCN4C(=O)c5ccccc5C4=O)nnc23)cc1. The first-order valence-electron chi connectivity index (χ1n) is 11.0. The van der Waals surface area contributed by atoms with Gasteiger partial charge in [0.25, 0.3) is 17.4 Å². The predicted octanol–water partition coefficient (Wildman–Crippen LogP) is 3.75. The number of thioether (sulfide) groups is 1. The molecule has 0 unspecified atom stereocenters. The molecule has 0 bridgehead atoms. The van der Waals surface area contributed by atoms with Crippen molar-refractivity contribution in [2.45, 2.75) is 18.6 Å². The topological polar surface area (TPSA) is 89.6 Å². The van der Waals surface area contributed by atoms with Crippen molar-refractivity contribution in [1.29, 1.82) is 0 Å². The lowest BCUT2D eigenvalue weighted by molar-refractivity contribution is 0.0684. The van der Waals surface area contributed by atoms with Crippen LogP contribution in [-0.4, -0.2) is 41.8 Å². The molecule has 2 aromatic heterocycles. The molecule has 3 aromatic carbocycles. The van der Waals surface area contributed by atoms with E-state index in [2.05, 4.69) is 10.2 Å². The third-order valence-electron chi connectivity index (χ3n) is 6.14. The Labute approximate surface area is 203 Å². The van der Waals surface area contributed by atoms with E-state index in [4.69, 9.17) is 0 Å². The number of hydrogen-bond acceptors (Lipinski definition) is 6. The Morgan fingerprint density at radius 1 is 0.800 bits per heavy atom. The first-order valence-corrected chi connectivity index (χ1v) is 12.0. The highest BCUT2D eigenvalue weighted by Gasteiger charge is 2.35. The Balaban J connectivity index is 1.41. The van der Waals surface area contributed by atoms with Gasteiger partial charge in [-0.05, 0) is 36.8 Å². The highest BCUT2D eigenvalue weighted by Crippen LogP contribution is 2.28. The fraction of sp³-hybridized carbons (Fsp3) is 0.115. The number of benzene rings is 3. The first-order chi connectivity index (χ1) is 17.0. The maximum absolute atomic E-state index is 13.4. The summed E-state index contributed by atoms with van der Waals surface area (Å²) >= 11 is 1.23. The van der Waals surface area contributed by atoms with Crippen molar-refractivity contribution in [2.24, 2.45) is 0 Å². The summed E-state index contributed by atoms with van der Waals surface area (Å²) in [6.45, 7) is 2.36. The number of rotatable bonds is 5. The molecule has 35 heavy (non-hydrogen) atoms. The van der Waals surface area contributed by atoms with E-state index >= 15 is 0 Å². The summed E-state index contributed by atoms with van der Waals surface area (Å²) in [6, 6.07) is 22.1. The number of carbonyl (C=O) groups is 2. The summed E-state index contributed by atoms with van der Waals surface area (Å²) in [4.78, 5) is 40.1. The van der Waals surface area contributed by atoms with Crippen LogP contribution in [0, 0.1) is 6.92 Å². The number of carbonyl (C=O) groups excluding carboxylic acids is 2. The van der Waals surface area contributed by atoms with Gasteiger partial charge in [0.15, 0.2) is 5.16 Å². The van der Waals surface area contributed by atoms with Crippen molar-refractivity contribution < 1.29 is 9.59 Å². The number of para-hydroxylation sites is 1. The summed E-state index contributed by atoms with van der Waals surface area (Å²) in [5, 5.41) is 9.69. The number of hydrogen-bond donors (Lipinski definition) is 0. The number of aryl methyl sites for hydroxylation is 1. The van der Waals surface area contributed by atoms with Gasteiger partial charge in [0.05, 0.1) is 34.5 Å². The van der Waals surface area contributed by atoms with Crippen molar-refractivity contribution in [3.63, 3.8) is 0 Å². The van der Waals surface area contributed by atoms with Gasteiger partial charge in [0.2, 0.25) is 5.78 Å². The van der Waals surface area contributed by atoms with Crippen molar-refractivity contribution in [2.75, 3.05) is 5.88 Å². The largest absolute Gasteiger partial charge is 0.272 e. The quantitative estimate of drug-likeness (QED) is 0.281. The van der Waals surface area contributed by atoms with E-state index in [0.29, 0.717) is 39.5 Å². The van der Waals surface area contributed by atoms with Gasteiger partial charge in [-0.1, -0.05) is 65.9 Å². The maximum atomic E-state index is 13.4. The normalized spacial score (nSPS) is 13.2. The number of aromatic nitrogens is 4. The lowest BCUT2D eigenvalue weighted by Crippen LogP contribution is -2.29. The van der Waals surface area contributed by atoms with Gasteiger partial charge in [0.1, 0.15) is 0 Å². The molecule has 8 nitrogen and oxygen atoms in total. The molecule has 0 saturated heterocycles. The van der Waals surface area contributed by atoms with Gasteiger partial charge >= 0.3 is 0 Å². The summed E-state index contributed by atoms with van der Waals surface area (Å²) in [6.07, 6.45) is 0. The van der Waals surface area contributed by atoms with E-state index in [9.17, 15) is 14.4 Å². The average Bonchev–Trinajstić information content (AvgIpc) is 3.41. The van der Waals surface area contributed by atoms with Crippen LogP contribution in [0.25, 0.3) is 16.7 Å². The lowest BCUT2D eigenvalue weighted by Gasteiger charge is -2.14. The molecule has 9 heteroatoms. The van der Waals surface area contributed by atoms with Crippen LogP contribution in [0.15, 0.2) is 82.7 Å². The van der Waals surface area contributed by atoms with Gasteiger partial charge in [-0.2, -0.15) is 0 Å². The zero-order chi connectivity index (χ0) is 24.1. The summed E-state index contributed by atoms with van der Waals surface area (Å²) in [5.41, 5.74) is 3.43. The molecule has 1 aliphatic rings. The zero-order valence-corrected chi connectivity index (χ0v) is 19.5. The van der Waals surface area contributed by atoms with E-state index in [1.54, 1.807) is 34.9 Å². The van der Waals surface area contributed by atoms with Crippen LogP contribution in [-0.2, 0) is 6.54 Å². The molecule has 1 aliphatic heterocycles. The van der Waals surface area contributed by atoms with Gasteiger partial charge in [-0.25, -0.2) is 0 Å². The van der Waals surface area contributed by atoms with Crippen LogP contribution in [0.3, 0.4) is 0 Å². The van der Waals surface area contributed by atoms with E-state index < -0.39 is 0 Å². The Hall–Kier alpha value is -4.24. The van der Waals surface area contributed by atoms with Crippen LogP contribution in [0.1, 0.15) is 31.8 Å². The molecule has 0 N–H and O–H groups in total. The molecule has 2 amide bonds. The van der Waals surface area contributed by atoms with Gasteiger partial charge < -0.3 is 0 Å². The standard InChI is InChI=1S/C26H19N5O3S/c1-16-10-12-17(13-11-16)14-29-24(34)20-8-4-5-9-21(20)31-25(29)27-28-26(31)35-15-30-22(32)18-6-2-3-7-19(18)23(30)33/h2-13H,14-15H2,1H3. The van der Waals surface area contributed by atoms with Crippen LogP contribution in [0.4, 0.5) is 0 Å². The lowest BCUT2D eigenvalue weighted by atomic mass is 10.1. The maximum Gasteiger partial charge on any atom is 0.263 e. The number of amides is 2. The number of imide groups is 1. The van der Waals surface area contributed by atoms with Crippen LogP contribution < -0.4 is 5.56 Å². The minimum absolute atomic E-state index is 0.0819. The molecule has 0 radical (unpaired) electrons. The predicted molar refractivity (Wildman–Crippen MR) is 133 cm³/mol. The smallest absolute Gasteiger partial charge is 0.263 e. The summed E-state index contributed by atoms with van der Waals surface area (Å²) in [5.74, 6) is -0.168. The highest BCUT2D eigenvalue weighted by molar-refractivity contribution is 7.99. The fourth-order valence-corrected chi connectivity index (χ4v) is 5.21. The second kappa shape index (κ2) is 8.21. The minimum atomic E-state index is -0.326. The van der Waals surface area contributed by atoms with Crippen molar-refractivity contribution in [3.8, 4) is 0 Å². The minimum Gasteiger partial charge on any atom is -0.272 e. The van der Waals surface area contributed by atoms with Crippen LogP contribution in [0.2, 0.25) is 0 Å². The van der Waals surface area contributed by atoms with E-state index in [0.717, 1.165) is 11.1 Å². The second-order valence-electron chi connectivity index (χ2n) is 8.37. The van der Waals surface area contributed by atoms with E-state index in [1.807, 2.05) is 53.8 Å². The first kappa shape index (κ1) is 21.3. The molecular formula is C26H19N5O3S. The van der Waals surface area contributed by atoms with Crippen LogP contribution in [0.5, 0.6) is 0 Å². The Bertz CT molecular complexity index is 1670. The molecular weight excluding hydrogens is 462 g/mol. The second-order valence-corrected chi connectivity index (χ2v) is 9.28. The van der Waals surface area contributed by atoms with Crippen molar-refractivity contribution >= 4 is 40.3 Å². The molecule has 0 spiro atoms. The number of fused-ring (bicyclic) bond motifs is 4. The third-order valence-corrected chi connectivity index (χ3v) is 7.05. The van der Waals surface area contributed by atoms with Crippen molar-refractivity contribution in [3.05, 3.63) is 105 Å². The molecule has 3 heterocycles. The molecule has 5 aromatic rings. The fourth-order valence-electron chi connectivity index (χ4n) is 4.32. The monoisotopic (exact) mass is 481 g/mol. The van der Waals surface area contributed by atoms with Gasteiger partial charge in [-0.3, -0.25) is 28.3 Å². The molecule has 172 valence electrons. The molecule has 0 aliphatic carbocycles. The van der Waals surface area contributed by atoms with Crippen LogP contribution >= 0.6 is 11.8 Å². The molecule has 6 rings (SSSR count). The number of nitrogens with zero attached hydrogens (tertiary/aromatic N) is 5. The highest BCUT2D eigenvalue weighted by atomic mass is 32.2. The summed E-state index contributed by atoms with van der Waals surface area (Å²) in [7, 11) is 0. The average molecular weight is 482 g/mol. The Kier molecular flexibility index (Phi) is 5.00. The Morgan fingerprint density at radius 2 is 1.46 bits per heavy atom. The summed E-state index contributed by atoms with van der Waals surface area (Å²) < 4.78 is 3.42. The molecule has 0 fully saturated rings. The third kappa shape index (κ3) is 3.43. The van der Waals surface area contributed by atoms with E-state index in [-0.39, 0.29) is 23.3 Å². The van der Waals surface area contributed by atoms with E-state index in [1.165, 1.54) is 16.7 Å². The molecule has 0 saturated carbocycles. The van der Waals surface area contributed by atoms with Gasteiger partial charge in [-0.15, -0.1) is 10.2 Å². The zero-order valence-electron chi connectivity index (χ0n) is 18.7. The Morgan fingerprint density at radius 3 is 2.17 bits per heavy atom.